The molecule has 0 bridgehead atoms. The van der Waals surface area contributed by atoms with Gasteiger partial charge >= 0.3 is 0 Å². The van der Waals surface area contributed by atoms with Crippen LogP contribution in [-0.2, 0) is 0 Å². The molecule has 6 nitrogen and oxygen atoms in total. The summed E-state index contributed by atoms with van der Waals surface area (Å²) in [6, 6.07) is 3.71. The van der Waals surface area contributed by atoms with Gasteiger partial charge in [0.05, 0.1) is 51.6 Å². The molecule has 0 aromatic heterocycles. The molecule has 8 heteroatoms. The van der Waals surface area contributed by atoms with Gasteiger partial charge in [-0.05, 0) is 55.1 Å². The van der Waals surface area contributed by atoms with Crippen molar-refractivity contribution in [1.82, 2.24) is 0 Å². The first kappa shape index (κ1) is 22.2. The highest BCUT2D eigenvalue weighted by Gasteiger charge is 2.20. The Labute approximate surface area is 181 Å². The Morgan fingerprint density at radius 3 is 1.11 bits per heavy atom. The van der Waals surface area contributed by atoms with Crippen molar-refractivity contribution in [3.8, 4) is 34.5 Å². The van der Waals surface area contributed by atoms with Crippen LogP contribution in [0.15, 0.2) is 21.1 Å². The van der Waals surface area contributed by atoms with E-state index < -0.39 is 0 Å². The Hall–Kier alpha value is -2.06. The summed E-state index contributed by atoms with van der Waals surface area (Å²) in [5.41, 5.74) is 1.69. The summed E-state index contributed by atoms with van der Waals surface area (Å²) in [4.78, 5) is 0. The van der Waals surface area contributed by atoms with E-state index in [4.69, 9.17) is 28.4 Å². The molecule has 0 radical (unpaired) electrons. The van der Waals surface area contributed by atoms with Crippen molar-refractivity contribution in [3.05, 3.63) is 32.2 Å². The number of benzene rings is 2. The van der Waals surface area contributed by atoms with Crippen LogP contribution >= 0.6 is 31.9 Å². The monoisotopic (exact) mass is 516 g/mol. The smallest absolute Gasteiger partial charge is 0.204 e. The van der Waals surface area contributed by atoms with Crippen LogP contribution in [0.2, 0.25) is 0 Å². The third kappa shape index (κ3) is 4.17. The highest BCUT2D eigenvalue weighted by molar-refractivity contribution is 9.11. The van der Waals surface area contributed by atoms with Crippen LogP contribution in [0.25, 0.3) is 12.2 Å². The van der Waals surface area contributed by atoms with E-state index in [1.54, 1.807) is 42.7 Å². The van der Waals surface area contributed by atoms with E-state index in [9.17, 15) is 0 Å². The first-order valence-electron chi connectivity index (χ1n) is 8.12. The summed E-state index contributed by atoms with van der Waals surface area (Å²) in [7, 11) is 9.43. The Morgan fingerprint density at radius 2 is 0.857 bits per heavy atom. The van der Waals surface area contributed by atoms with Gasteiger partial charge in [-0.3, -0.25) is 0 Å². The van der Waals surface area contributed by atoms with Crippen LogP contribution in [0.1, 0.15) is 11.1 Å². The van der Waals surface area contributed by atoms with Crippen LogP contribution in [0.3, 0.4) is 0 Å². The summed E-state index contributed by atoms with van der Waals surface area (Å²) in [5.74, 6) is 3.25. The molecule has 0 saturated heterocycles. The molecular weight excluding hydrogens is 496 g/mol. The van der Waals surface area contributed by atoms with Gasteiger partial charge in [-0.2, -0.15) is 0 Å². The zero-order chi connectivity index (χ0) is 20.8. The maximum atomic E-state index is 5.48. The topological polar surface area (TPSA) is 55.4 Å². The van der Waals surface area contributed by atoms with Crippen molar-refractivity contribution in [1.29, 1.82) is 0 Å². The molecule has 0 fully saturated rings. The number of ether oxygens (including phenoxy) is 6. The van der Waals surface area contributed by atoms with E-state index in [0.717, 1.165) is 20.1 Å². The summed E-state index contributed by atoms with van der Waals surface area (Å²) < 4.78 is 34.1. The highest BCUT2D eigenvalue weighted by Crippen LogP contribution is 2.47. The molecular formula is C20H22Br2O6. The van der Waals surface area contributed by atoms with E-state index in [1.165, 1.54) is 0 Å². The van der Waals surface area contributed by atoms with Crippen molar-refractivity contribution in [2.45, 2.75) is 0 Å². The Morgan fingerprint density at radius 1 is 0.536 bits per heavy atom. The number of rotatable bonds is 8. The molecule has 0 spiro atoms. The maximum absolute atomic E-state index is 5.48. The predicted molar refractivity (Wildman–Crippen MR) is 117 cm³/mol. The van der Waals surface area contributed by atoms with E-state index in [-0.39, 0.29) is 0 Å². The zero-order valence-electron chi connectivity index (χ0n) is 16.5. The lowest BCUT2D eigenvalue weighted by atomic mass is 10.1. The second-order valence-electron chi connectivity index (χ2n) is 5.43. The Bertz CT molecular complexity index is 808. The summed E-state index contributed by atoms with van der Waals surface area (Å²) in [5, 5.41) is 0. The quantitative estimate of drug-likeness (QED) is 0.435. The van der Waals surface area contributed by atoms with E-state index in [0.29, 0.717) is 34.5 Å². The Kier molecular flexibility index (Phi) is 7.88. The maximum Gasteiger partial charge on any atom is 0.204 e. The molecule has 2 aromatic rings. The largest absolute Gasteiger partial charge is 0.493 e. The molecule has 2 rings (SSSR count). The van der Waals surface area contributed by atoms with Crippen LogP contribution in [-0.4, -0.2) is 42.7 Å². The second-order valence-corrected chi connectivity index (χ2v) is 7.02. The number of hydrogen-bond acceptors (Lipinski definition) is 6. The van der Waals surface area contributed by atoms with Gasteiger partial charge in [-0.15, -0.1) is 0 Å². The molecule has 152 valence electrons. The molecule has 2 aromatic carbocycles. The lowest BCUT2D eigenvalue weighted by molar-refractivity contribution is 0.323. The lowest BCUT2D eigenvalue weighted by Crippen LogP contribution is -1.98. The molecule has 0 atom stereocenters. The van der Waals surface area contributed by atoms with Gasteiger partial charge < -0.3 is 28.4 Å². The summed E-state index contributed by atoms with van der Waals surface area (Å²) in [6.07, 6.45) is 3.83. The van der Waals surface area contributed by atoms with E-state index in [1.807, 2.05) is 24.3 Å². The van der Waals surface area contributed by atoms with Gasteiger partial charge in [0.15, 0.2) is 23.0 Å². The van der Waals surface area contributed by atoms with Gasteiger partial charge in [-0.25, -0.2) is 0 Å². The first-order valence-corrected chi connectivity index (χ1v) is 9.70. The first-order chi connectivity index (χ1) is 13.5. The highest BCUT2D eigenvalue weighted by atomic mass is 79.9. The molecule has 28 heavy (non-hydrogen) atoms. The normalized spacial score (nSPS) is 10.7. The minimum absolute atomic E-state index is 0.517. The van der Waals surface area contributed by atoms with E-state index >= 15 is 0 Å². The minimum atomic E-state index is 0.517. The summed E-state index contributed by atoms with van der Waals surface area (Å²) in [6.45, 7) is 0. The molecule has 0 saturated carbocycles. The van der Waals surface area contributed by atoms with Gasteiger partial charge in [-0.1, -0.05) is 12.2 Å². The van der Waals surface area contributed by atoms with Gasteiger partial charge in [0.25, 0.3) is 0 Å². The van der Waals surface area contributed by atoms with Gasteiger partial charge in [0.1, 0.15) is 0 Å². The van der Waals surface area contributed by atoms with Crippen LogP contribution in [0.5, 0.6) is 34.5 Å². The fourth-order valence-electron chi connectivity index (χ4n) is 2.70. The standard InChI is InChI=1S/C20H22Br2O6/c1-23-13-9-11(15(21)19(27-5)17(13)25-3)7-8-12-10-14(24-2)18(26-4)20(28-6)16(12)22/h7-10H,1-6H3. The number of methoxy groups -OCH3 is 6. The molecule has 0 unspecified atom stereocenters. The van der Waals surface area contributed by atoms with Crippen molar-refractivity contribution >= 4 is 44.0 Å². The molecule has 0 N–H and O–H groups in total. The zero-order valence-corrected chi connectivity index (χ0v) is 19.7. The second kappa shape index (κ2) is 9.93. The molecule has 0 aliphatic heterocycles. The van der Waals surface area contributed by atoms with Crippen molar-refractivity contribution in [3.63, 3.8) is 0 Å². The van der Waals surface area contributed by atoms with Crippen molar-refractivity contribution < 1.29 is 28.4 Å². The van der Waals surface area contributed by atoms with Gasteiger partial charge in [0.2, 0.25) is 11.5 Å². The minimum Gasteiger partial charge on any atom is -0.493 e. The number of hydrogen-bond donors (Lipinski definition) is 0. The average Bonchev–Trinajstić information content (AvgIpc) is 2.72. The van der Waals surface area contributed by atoms with Crippen LogP contribution in [0.4, 0.5) is 0 Å². The Balaban J connectivity index is 2.60. The van der Waals surface area contributed by atoms with E-state index in [2.05, 4.69) is 31.9 Å². The average molecular weight is 518 g/mol. The number of halogens is 2. The predicted octanol–water partition coefficient (Wildman–Crippen LogP) is 5.43. The van der Waals surface area contributed by atoms with Crippen molar-refractivity contribution in [2.24, 2.45) is 0 Å². The van der Waals surface area contributed by atoms with Crippen LogP contribution in [0, 0.1) is 0 Å². The third-order valence-corrected chi connectivity index (χ3v) is 5.67. The molecule has 0 heterocycles. The van der Waals surface area contributed by atoms with Crippen molar-refractivity contribution in [2.75, 3.05) is 42.7 Å². The third-order valence-electron chi connectivity index (χ3n) is 4.04. The molecule has 0 aliphatic rings. The SMILES string of the molecule is COc1cc(C=Cc2cc(OC)c(OC)c(OC)c2Br)c(Br)c(OC)c1OC. The summed E-state index contributed by atoms with van der Waals surface area (Å²) >= 11 is 7.15. The fraction of sp³-hybridized carbons (Fsp3) is 0.300. The molecule has 0 amide bonds. The molecule has 0 aliphatic carbocycles. The fourth-order valence-corrected chi connectivity index (χ4v) is 3.88. The van der Waals surface area contributed by atoms with Crippen LogP contribution < -0.4 is 28.4 Å². The lowest BCUT2D eigenvalue weighted by Gasteiger charge is -2.16. The van der Waals surface area contributed by atoms with Gasteiger partial charge in [0, 0.05) is 0 Å².